The first-order valence-electron chi connectivity index (χ1n) is 1.86. The molecule has 0 saturated carbocycles. The third kappa shape index (κ3) is 5.89. The quantitative estimate of drug-likeness (QED) is 0.553. The van der Waals surface area contributed by atoms with Crippen molar-refractivity contribution in [2.45, 2.75) is 0 Å². The maximum absolute atomic E-state index is 11.1. The van der Waals surface area contributed by atoms with Crippen molar-refractivity contribution in [3.63, 3.8) is 0 Å². The smallest absolute Gasteiger partial charge is 0.282 e. The van der Waals surface area contributed by atoms with Crippen LogP contribution in [0.5, 0.6) is 0 Å². The summed E-state index contributed by atoms with van der Waals surface area (Å²) in [5.41, 5.74) is 0. The minimum atomic E-state index is -3.12. The van der Waals surface area contributed by atoms with Crippen LogP contribution < -0.4 is 0 Å². The van der Waals surface area contributed by atoms with E-state index in [0.717, 1.165) is 0 Å². The molecule has 2 nitrogen and oxygen atoms in total. The van der Waals surface area contributed by atoms with E-state index in [9.17, 15) is 4.57 Å². The first-order chi connectivity index (χ1) is 4.90. The van der Waals surface area contributed by atoms with Crippen LogP contribution in [-0.2, 0) is 4.57 Å². The van der Waals surface area contributed by atoms with Gasteiger partial charge in [-0.25, -0.2) is 4.52 Å². The van der Waals surface area contributed by atoms with Crippen LogP contribution in [0.1, 0.15) is 0 Å². The molecule has 0 radical (unpaired) electrons. The molecule has 0 aromatic carbocycles. The summed E-state index contributed by atoms with van der Waals surface area (Å²) >= 11 is 21.6. The number of halogens is 5. The lowest BCUT2D eigenvalue weighted by Gasteiger charge is -2.03. The van der Waals surface area contributed by atoms with E-state index in [1.807, 2.05) is 0 Å². The van der Waals surface area contributed by atoms with E-state index in [-0.39, 0.29) is 0 Å². The molecule has 0 fully saturated rings. The molecule has 0 heterocycles. The van der Waals surface area contributed by atoms with Crippen molar-refractivity contribution < 1.29 is 4.57 Å². The average Bonchev–Trinajstić information content (AvgIpc) is 1.86. The van der Waals surface area contributed by atoms with Crippen molar-refractivity contribution in [1.82, 2.24) is 0 Å². The first-order valence-corrected chi connectivity index (χ1v) is 13.1. The lowest BCUT2D eigenvalue weighted by atomic mass is 13.9. The average molecular weight is 333 g/mol. The second kappa shape index (κ2) is 6.23. The summed E-state index contributed by atoms with van der Waals surface area (Å²) in [6.07, 6.45) is 0. The molecule has 0 spiro atoms. The molecule has 0 aromatic rings. The zero-order chi connectivity index (χ0) is 9.07. The van der Waals surface area contributed by atoms with Crippen LogP contribution >= 0.6 is 85.2 Å². The summed E-state index contributed by atoms with van der Waals surface area (Å²) in [7, 11) is 5.68. The van der Waals surface area contributed by atoms with Gasteiger partial charge in [0.1, 0.15) is 6.75 Å². The molecule has 0 bridgehead atoms. The third-order valence-corrected chi connectivity index (χ3v) is 18.7. The number of nitrogens with zero attached hydrogens (tertiary/aromatic N) is 1. The molecule has 0 rings (SSSR count). The summed E-state index contributed by atoms with van der Waals surface area (Å²) in [6, 6.07) is 0. The highest BCUT2D eigenvalue weighted by Crippen LogP contribution is 2.86. The molecule has 0 aromatic heterocycles. The van der Waals surface area contributed by atoms with Gasteiger partial charge < -0.3 is 0 Å². The van der Waals surface area contributed by atoms with E-state index in [1.165, 1.54) is 0 Å². The van der Waals surface area contributed by atoms with Crippen LogP contribution in [0, 0.1) is 0 Å². The first kappa shape index (κ1) is 13.7. The van der Waals surface area contributed by atoms with Gasteiger partial charge in [0.15, 0.2) is 0 Å². The van der Waals surface area contributed by atoms with Gasteiger partial charge in [-0.2, -0.15) is 0 Å². The van der Waals surface area contributed by atoms with Crippen LogP contribution in [0.25, 0.3) is 0 Å². The Bertz CT molecular complexity index is 204. The van der Waals surface area contributed by atoms with Gasteiger partial charge in [-0.1, -0.05) is 33.7 Å². The molecule has 0 N–H and O–H groups in total. The normalized spacial score (nSPS) is 20.2. The molecule has 0 saturated heterocycles. The fraction of sp³-hybridized carbons (Fsp3) is 0. The minimum absolute atomic E-state index is 0.483. The standard InChI is InChI=1S/Cl5HNOP3S/c1-8(2)6-9(3)10(4,7)11-5/h9H. The predicted octanol–water partition coefficient (Wildman–Crippen LogP) is 6.48. The van der Waals surface area contributed by atoms with Gasteiger partial charge in [-0.3, -0.25) is 4.57 Å². The molecule has 11 heavy (non-hydrogen) atoms. The molecular formula is HCl5NOP3S. The SMILES string of the molecule is O=P(Cl)(SCl)/[PH](Cl)=N/P(Cl)Cl. The maximum atomic E-state index is 11.1. The minimum Gasteiger partial charge on any atom is -0.286 e. The molecular weight excluding hydrogens is 332 g/mol. The van der Waals surface area contributed by atoms with Gasteiger partial charge in [0.2, 0.25) is 6.78 Å². The Labute approximate surface area is 93.6 Å². The molecule has 0 aliphatic heterocycles. The zero-order valence-corrected chi connectivity index (χ0v) is 11.9. The van der Waals surface area contributed by atoms with Crippen molar-refractivity contribution >= 4 is 85.2 Å². The Morgan fingerprint density at radius 3 is 2.27 bits per heavy atom. The van der Waals surface area contributed by atoms with Crippen LogP contribution in [0.15, 0.2) is 4.52 Å². The van der Waals surface area contributed by atoms with Crippen LogP contribution in [-0.4, -0.2) is 0 Å². The third-order valence-electron chi connectivity index (χ3n) is 0.467. The highest BCUT2D eigenvalue weighted by atomic mass is 35.9. The van der Waals surface area contributed by atoms with Gasteiger partial charge in [0.05, 0.1) is 0 Å². The van der Waals surface area contributed by atoms with Crippen molar-refractivity contribution in [1.29, 1.82) is 0 Å². The Balaban J connectivity index is 4.47. The summed E-state index contributed by atoms with van der Waals surface area (Å²) in [4.78, 5) is 0. The molecule has 2 atom stereocenters. The fourth-order valence-electron chi connectivity index (χ4n) is 0.144. The van der Waals surface area contributed by atoms with Crippen molar-refractivity contribution in [2.75, 3.05) is 0 Å². The van der Waals surface area contributed by atoms with Crippen LogP contribution in [0.4, 0.5) is 0 Å². The number of hydrogen-bond acceptors (Lipinski definition) is 3. The zero-order valence-electron chi connectivity index (χ0n) is 4.55. The van der Waals surface area contributed by atoms with Crippen molar-refractivity contribution in [2.24, 2.45) is 4.52 Å². The second-order valence-corrected chi connectivity index (χ2v) is 18.5. The van der Waals surface area contributed by atoms with E-state index in [2.05, 4.69) is 4.52 Å². The van der Waals surface area contributed by atoms with Gasteiger partial charge in [-0.05, 0) is 21.9 Å². The largest absolute Gasteiger partial charge is 0.286 e. The molecule has 2 unspecified atom stereocenters. The van der Waals surface area contributed by atoms with Gasteiger partial charge in [-0.15, -0.1) is 0 Å². The van der Waals surface area contributed by atoms with Crippen LogP contribution in [0.3, 0.4) is 0 Å². The molecule has 68 valence electrons. The topological polar surface area (TPSA) is 29.4 Å². The van der Waals surface area contributed by atoms with Crippen molar-refractivity contribution in [3.8, 4) is 0 Å². The second-order valence-electron chi connectivity index (χ2n) is 1.13. The molecule has 0 aliphatic rings. The molecule has 11 heteroatoms. The predicted molar refractivity (Wildman–Crippen MR) is 62.1 cm³/mol. The van der Waals surface area contributed by atoms with Gasteiger partial charge >= 0.3 is 0 Å². The molecule has 0 aliphatic carbocycles. The highest BCUT2D eigenvalue weighted by Gasteiger charge is 2.24. The van der Waals surface area contributed by atoms with Crippen LogP contribution in [0.2, 0.25) is 0 Å². The lowest BCUT2D eigenvalue weighted by molar-refractivity contribution is 0.601. The molecule has 0 amide bonds. The van der Waals surface area contributed by atoms with Crippen molar-refractivity contribution in [3.05, 3.63) is 0 Å². The highest BCUT2D eigenvalue weighted by molar-refractivity contribution is 8.93. The number of rotatable bonds is 3. The van der Waals surface area contributed by atoms with E-state index >= 15 is 0 Å². The maximum Gasteiger partial charge on any atom is 0.282 e. The fourth-order valence-corrected chi connectivity index (χ4v) is 12.8. The Morgan fingerprint density at radius 2 is 2.00 bits per heavy atom. The number of hydrogen-bond donors (Lipinski definition) is 0. The Kier molecular flexibility index (Phi) is 7.75. The van der Waals surface area contributed by atoms with E-state index < -0.39 is 18.9 Å². The van der Waals surface area contributed by atoms with Gasteiger partial charge in [0.25, 0.3) is 5.39 Å². The van der Waals surface area contributed by atoms with E-state index in [4.69, 9.17) is 55.6 Å². The summed E-state index contributed by atoms with van der Waals surface area (Å²) in [5, 5.41) is -3.12. The summed E-state index contributed by atoms with van der Waals surface area (Å²) < 4.78 is 14.7. The van der Waals surface area contributed by atoms with Gasteiger partial charge in [0, 0.05) is 10.6 Å². The van der Waals surface area contributed by atoms with E-state index in [0.29, 0.717) is 10.6 Å². The Morgan fingerprint density at radius 1 is 1.55 bits per heavy atom. The Hall–Kier alpha value is 2.69. The summed E-state index contributed by atoms with van der Waals surface area (Å²) in [6.45, 7) is -3.66. The summed E-state index contributed by atoms with van der Waals surface area (Å²) in [5.74, 6) is 0. The lowest BCUT2D eigenvalue weighted by Crippen LogP contribution is -1.43. The monoisotopic (exact) mass is 331 g/mol. The van der Waals surface area contributed by atoms with E-state index in [1.54, 1.807) is 0 Å².